The van der Waals surface area contributed by atoms with Crippen molar-refractivity contribution < 1.29 is 19.1 Å². The van der Waals surface area contributed by atoms with Crippen LogP contribution in [0.25, 0.3) is 6.08 Å². The van der Waals surface area contributed by atoms with E-state index in [4.69, 9.17) is 9.47 Å². The molecule has 1 N–H and O–H groups in total. The van der Waals surface area contributed by atoms with Gasteiger partial charge in [-0.3, -0.25) is 9.69 Å². The lowest BCUT2D eigenvalue weighted by Gasteiger charge is -2.11. The highest BCUT2D eigenvalue weighted by atomic mass is 79.9. The number of nitrogens with one attached hydrogen (secondary N) is 1. The molecule has 7 heteroatoms. The van der Waals surface area contributed by atoms with Crippen LogP contribution in [-0.4, -0.2) is 37.1 Å². The van der Waals surface area contributed by atoms with Crippen molar-refractivity contribution in [3.63, 3.8) is 0 Å². The zero-order valence-corrected chi connectivity index (χ0v) is 14.5. The van der Waals surface area contributed by atoms with Crippen LogP contribution >= 0.6 is 15.9 Å². The molecule has 6 nitrogen and oxygen atoms in total. The van der Waals surface area contributed by atoms with Gasteiger partial charge >= 0.3 is 6.03 Å². The maximum Gasteiger partial charge on any atom is 0.329 e. The topological polar surface area (TPSA) is 67.9 Å². The lowest BCUT2D eigenvalue weighted by atomic mass is 10.1. The minimum atomic E-state index is -0.463. The van der Waals surface area contributed by atoms with Gasteiger partial charge in [0.2, 0.25) is 0 Å². The second kappa shape index (κ2) is 7.32. The molecular formula is C16H17BrN2O4. The normalized spacial score (nSPS) is 15.8. The maximum absolute atomic E-state index is 12.2. The molecule has 0 aliphatic carbocycles. The minimum absolute atomic E-state index is 0.162. The molecule has 0 saturated carbocycles. The predicted octanol–water partition coefficient (Wildman–Crippen LogP) is 2.94. The van der Waals surface area contributed by atoms with E-state index in [1.165, 1.54) is 13.2 Å². The van der Waals surface area contributed by atoms with Crippen molar-refractivity contribution in [1.29, 1.82) is 0 Å². The van der Waals surface area contributed by atoms with Crippen molar-refractivity contribution >= 4 is 33.9 Å². The molecule has 0 atom stereocenters. The minimum Gasteiger partial charge on any atom is -0.493 e. The second-order valence-corrected chi connectivity index (χ2v) is 5.50. The summed E-state index contributed by atoms with van der Waals surface area (Å²) >= 11 is 3.43. The van der Waals surface area contributed by atoms with Gasteiger partial charge in [-0.25, -0.2) is 4.79 Å². The van der Waals surface area contributed by atoms with E-state index in [2.05, 4.69) is 27.8 Å². The van der Waals surface area contributed by atoms with Crippen LogP contribution in [0.5, 0.6) is 11.5 Å². The highest BCUT2D eigenvalue weighted by Crippen LogP contribution is 2.34. The number of carbonyl (C=O) groups excluding carboxylic acids is 2. The van der Waals surface area contributed by atoms with E-state index in [1.807, 2.05) is 6.92 Å². The van der Waals surface area contributed by atoms with Gasteiger partial charge in [-0.05, 0) is 30.7 Å². The molecule has 1 heterocycles. The second-order valence-electron chi connectivity index (χ2n) is 4.65. The van der Waals surface area contributed by atoms with Gasteiger partial charge in [-0.2, -0.15) is 0 Å². The molecule has 23 heavy (non-hydrogen) atoms. The summed E-state index contributed by atoms with van der Waals surface area (Å²) in [5.41, 5.74) is 0.887. The molecular weight excluding hydrogens is 364 g/mol. The average molecular weight is 381 g/mol. The number of imide groups is 1. The number of carbonyl (C=O) groups is 2. The van der Waals surface area contributed by atoms with E-state index in [-0.39, 0.29) is 12.2 Å². The first kappa shape index (κ1) is 17.1. The molecule has 1 aliphatic heterocycles. The lowest BCUT2D eigenvalue weighted by Crippen LogP contribution is -2.30. The van der Waals surface area contributed by atoms with Gasteiger partial charge in [-0.15, -0.1) is 6.58 Å². The molecule has 3 amide bonds. The Hall–Kier alpha value is -2.28. The highest BCUT2D eigenvalue weighted by molar-refractivity contribution is 9.10. The summed E-state index contributed by atoms with van der Waals surface area (Å²) in [6.07, 6.45) is 3.09. The molecule has 1 aromatic rings. The number of hydrogen-bond acceptors (Lipinski definition) is 4. The van der Waals surface area contributed by atoms with Gasteiger partial charge in [0.25, 0.3) is 5.91 Å². The molecule has 0 unspecified atom stereocenters. The van der Waals surface area contributed by atoms with Crippen molar-refractivity contribution in [2.75, 3.05) is 20.3 Å². The number of amides is 3. The third kappa shape index (κ3) is 3.56. The molecule has 122 valence electrons. The van der Waals surface area contributed by atoms with Crippen LogP contribution < -0.4 is 14.8 Å². The highest BCUT2D eigenvalue weighted by Gasteiger charge is 2.32. The first-order valence-corrected chi connectivity index (χ1v) is 7.76. The Kier molecular flexibility index (Phi) is 5.44. The van der Waals surface area contributed by atoms with E-state index >= 15 is 0 Å². The smallest absolute Gasteiger partial charge is 0.329 e. The fourth-order valence-corrected chi connectivity index (χ4v) is 2.55. The number of nitrogens with zero attached hydrogens (tertiary/aromatic N) is 1. The Labute approximate surface area is 142 Å². The fourth-order valence-electron chi connectivity index (χ4n) is 2.11. The van der Waals surface area contributed by atoms with Gasteiger partial charge in [0.05, 0.1) is 13.7 Å². The SMILES string of the molecule is C=CCN1C(=O)N/C(=C/c2cc(OC)c(OCC)cc2Br)C1=O. The summed E-state index contributed by atoms with van der Waals surface area (Å²) in [5.74, 6) is 0.746. The van der Waals surface area contributed by atoms with Crippen LogP contribution in [0.4, 0.5) is 4.79 Å². The molecule has 0 aromatic heterocycles. The standard InChI is InChI=1S/C16H17BrN2O4/c1-4-6-19-15(20)12(18-16(19)21)7-10-8-13(22-3)14(23-5-2)9-11(10)17/h4,7-9H,1,5-6H2,2-3H3,(H,18,21)/b12-7+. The van der Waals surface area contributed by atoms with Crippen molar-refractivity contribution in [1.82, 2.24) is 10.2 Å². The van der Waals surface area contributed by atoms with E-state index in [0.717, 1.165) is 9.37 Å². The summed E-state index contributed by atoms with van der Waals surface area (Å²) < 4.78 is 11.5. The fraction of sp³-hybridized carbons (Fsp3) is 0.250. The molecule has 1 saturated heterocycles. The Balaban J connectivity index is 2.37. The summed E-state index contributed by atoms with van der Waals surface area (Å²) in [5, 5.41) is 2.55. The van der Waals surface area contributed by atoms with E-state index < -0.39 is 11.9 Å². The van der Waals surface area contributed by atoms with Crippen LogP contribution in [0.15, 0.2) is 35.0 Å². The summed E-state index contributed by atoms with van der Waals surface area (Å²) in [7, 11) is 1.54. The van der Waals surface area contributed by atoms with Crippen LogP contribution in [0.2, 0.25) is 0 Å². The third-order valence-corrected chi connectivity index (χ3v) is 3.84. The monoisotopic (exact) mass is 380 g/mol. The van der Waals surface area contributed by atoms with Gasteiger partial charge in [0, 0.05) is 11.0 Å². The molecule has 1 aromatic carbocycles. The summed E-state index contributed by atoms with van der Waals surface area (Å²) in [4.78, 5) is 25.1. The number of rotatable bonds is 6. The Morgan fingerprint density at radius 1 is 1.35 bits per heavy atom. The Bertz CT molecular complexity index is 685. The number of methoxy groups -OCH3 is 1. The molecule has 1 aliphatic rings. The number of benzene rings is 1. The number of hydrogen-bond donors (Lipinski definition) is 1. The number of urea groups is 1. The van der Waals surface area contributed by atoms with Crippen molar-refractivity contribution in [3.8, 4) is 11.5 Å². The van der Waals surface area contributed by atoms with E-state index in [9.17, 15) is 9.59 Å². The van der Waals surface area contributed by atoms with Gasteiger partial charge in [0.15, 0.2) is 11.5 Å². The molecule has 0 radical (unpaired) electrons. The quantitative estimate of drug-likeness (QED) is 0.468. The van der Waals surface area contributed by atoms with Crippen LogP contribution in [0, 0.1) is 0 Å². The van der Waals surface area contributed by atoms with Crippen molar-refractivity contribution in [2.45, 2.75) is 6.92 Å². The van der Waals surface area contributed by atoms with Crippen LogP contribution in [-0.2, 0) is 4.79 Å². The number of halogens is 1. The molecule has 2 rings (SSSR count). The van der Waals surface area contributed by atoms with Gasteiger partial charge < -0.3 is 14.8 Å². The Morgan fingerprint density at radius 3 is 2.70 bits per heavy atom. The third-order valence-electron chi connectivity index (χ3n) is 3.16. The van der Waals surface area contributed by atoms with Crippen LogP contribution in [0.3, 0.4) is 0 Å². The zero-order chi connectivity index (χ0) is 17.0. The largest absolute Gasteiger partial charge is 0.493 e. The maximum atomic E-state index is 12.2. The molecule has 0 spiro atoms. The predicted molar refractivity (Wildman–Crippen MR) is 90.3 cm³/mol. The van der Waals surface area contributed by atoms with Crippen molar-refractivity contribution in [3.05, 3.63) is 40.5 Å². The van der Waals surface area contributed by atoms with Crippen LogP contribution in [0.1, 0.15) is 12.5 Å². The van der Waals surface area contributed by atoms with E-state index in [1.54, 1.807) is 18.2 Å². The van der Waals surface area contributed by atoms with E-state index in [0.29, 0.717) is 23.7 Å². The lowest BCUT2D eigenvalue weighted by molar-refractivity contribution is -0.122. The summed E-state index contributed by atoms with van der Waals surface area (Å²) in [6, 6.07) is 3.03. The zero-order valence-electron chi connectivity index (χ0n) is 12.9. The molecule has 1 fully saturated rings. The first-order chi connectivity index (χ1) is 11.0. The van der Waals surface area contributed by atoms with Crippen molar-refractivity contribution in [2.24, 2.45) is 0 Å². The number of ether oxygens (including phenoxy) is 2. The summed E-state index contributed by atoms with van der Waals surface area (Å²) in [6.45, 7) is 6.08. The molecule has 0 bridgehead atoms. The first-order valence-electron chi connectivity index (χ1n) is 6.97. The van der Waals surface area contributed by atoms with Gasteiger partial charge in [0.1, 0.15) is 5.70 Å². The van der Waals surface area contributed by atoms with Gasteiger partial charge in [-0.1, -0.05) is 22.0 Å². The average Bonchev–Trinajstić information content (AvgIpc) is 2.78. The Morgan fingerprint density at radius 2 is 2.09 bits per heavy atom.